The van der Waals surface area contributed by atoms with Crippen molar-refractivity contribution in [3.63, 3.8) is 0 Å². The zero-order valence-electron chi connectivity index (χ0n) is 10.0. The SMILES string of the molecule is CCn1c(C)cc(C=C2SC(=O)NC2=O)c1C. The number of hydrogen-bond acceptors (Lipinski definition) is 3. The average Bonchev–Trinajstić information content (AvgIpc) is 2.69. The van der Waals surface area contributed by atoms with Crippen LogP contribution in [0.5, 0.6) is 0 Å². The molecule has 5 heteroatoms. The molecule has 0 aromatic carbocycles. The first kappa shape index (κ1) is 12.0. The predicted octanol–water partition coefficient (Wildman–Crippen LogP) is 2.45. The third-order valence-corrected chi connectivity index (χ3v) is 3.67. The smallest absolute Gasteiger partial charge is 0.290 e. The fourth-order valence-electron chi connectivity index (χ4n) is 2.02. The first-order chi connectivity index (χ1) is 8.02. The molecule has 4 nitrogen and oxygen atoms in total. The number of nitrogens with one attached hydrogen (secondary N) is 1. The Morgan fingerprint density at radius 3 is 2.59 bits per heavy atom. The summed E-state index contributed by atoms with van der Waals surface area (Å²) in [7, 11) is 0. The van der Waals surface area contributed by atoms with Crippen LogP contribution in [0.1, 0.15) is 23.9 Å². The van der Waals surface area contributed by atoms with Crippen LogP contribution >= 0.6 is 11.8 Å². The van der Waals surface area contributed by atoms with Crippen LogP contribution < -0.4 is 5.32 Å². The van der Waals surface area contributed by atoms with Gasteiger partial charge in [0, 0.05) is 17.9 Å². The lowest BCUT2D eigenvalue weighted by Gasteiger charge is -2.04. The molecule has 17 heavy (non-hydrogen) atoms. The third-order valence-electron chi connectivity index (χ3n) is 2.86. The summed E-state index contributed by atoms with van der Waals surface area (Å²) in [5.74, 6) is -0.304. The summed E-state index contributed by atoms with van der Waals surface area (Å²) >= 11 is 0.952. The summed E-state index contributed by atoms with van der Waals surface area (Å²) in [6.07, 6.45) is 1.78. The summed E-state index contributed by atoms with van der Waals surface area (Å²) < 4.78 is 2.17. The minimum Gasteiger partial charge on any atom is -0.349 e. The van der Waals surface area contributed by atoms with Gasteiger partial charge in [-0.05, 0) is 50.2 Å². The van der Waals surface area contributed by atoms with Gasteiger partial charge >= 0.3 is 0 Å². The molecule has 0 radical (unpaired) electrons. The molecule has 0 aliphatic carbocycles. The Labute approximate surface area is 104 Å². The summed E-state index contributed by atoms with van der Waals surface area (Å²) in [6.45, 7) is 7.03. The second kappa shape index (κ2) is 4.41. The van der Waals surface area contributed by atoms with Gasteiger partial charge in [0.15, 0.2) is 0 Å². The summed E-state index contributed by atoms with van der Waals surface area (Å²) in [4.78, 5) is 23.0. The van der Waals surface area contributed by atoms with Crippen LogP contribution in [0.2, 0.25) is 0 Å². The van der Waals surface area contributed by atoms with Crippen molar-refractivity contribution in [1.82, 2.24) is 9.88 Å². The highest BCUT2D eigenvalue weighted by Gasteiger charge is 2.25. The van der Waals surface area contributed by atoms with Gasteiger partial charge in [-0.3, -0.25) is 14.9 Å². The molecule has 1 aliphatic rings. The van der Waals surface area contributed by atoms with Crippen LogP contribution in [0.25, 0.3) is 6.08 Å². The fraction of sp³-hybridized carbons (Fsp3) is 0.333. The summed E-state index contributed by atoms with van der Waals surface area (Å²) in [6, 6.07) is 2.03. The van der Waals surface area contributed by atoms with Crippen molar-refractivity contribution in [3.8, 4) is 0 Å². The minimum atomic E-state index is -0.304. The van der Waals surface area contributed by atoms with Crippen LogP contribution in [0.4, 0.5) is 4.79 Å². The van der Waals surface area contributed by atoms with Crippen molar-refractivity contribution in [3.05, 3.63) is 27.9 Å². The molecule has 0 spiro atoms. The molecule has 1 saturated heterocycles. The first-order valence-corrected chi connectivity index (χ1v) is 6.26. The van der Waals surface area contributed by atoms with Gasteiger partial charge in [-0.25, -0.2) is 0 Å². The molecule has 90 valence electrons. The van der Waals surface area contributed by atoms with E-state index in [2.05, 4.69) is 16.8 Å². The van der Waals surface area contributed by atoms with Crippen LogP contribution in [-0.4, -0.2) is 15.7 Å². The number of nitrogens with zero attached hydrogens (tertiary/aromatic N) is 1. The highest BCUT2D eigenvalue weighted by atomic mass is 32.2. The lowest BCUT2D eigenvalue weighted by Crippen LogP contribution is -2.17. The monoisotopic (exact) mass is 250 g/mol. The molecule has 0 unspecified atom stereocenters. The van der Waals surface area contributed by atoms with Gasteiger partial charge in [-0.1, -0.05) is 0 Å². The highest BCUT2D eigenvalue weighted by molar-refractivity contribution is 8.18. The Morgan fingerprint density at radius 1 is 1.41 bits per heavy atom. The van der Waals surface area contributed by atoms with E-state index in [9.17, 15) is 9.59 Å². The van der Waals surface area contributed by atoms with E-state index in [1.54, 1.807) is 6.08 Å². The van der Waals surface area contributed by atoms with Crippen LogP contribution in [0.15, 0.2) is 11.0 Å². The topological polar surface area (TPSA) is 51.1 Å². The Bertz CT molecular complexity index is 529. The van der Waals surface area contributed by atoms with Crippen molar-refractivity contribution >= 4 is 29.0 Å². The van der Waals surface area contributed by atoms with E-state index < -0.39 is 0 Å². The molecule has 2 amide bonds. The van der Waals surface area contributed by atoms with E-state index in [0.717, 1.165) is 35.3 Å². The molecule has 1 N–H and O–H groups in total. The van der Waals surface area contributed by atoms with Crippen molar-refractivity contribution in [2.45, 2.75) is 27.3 Å². The normalized spacial score (nSPS) is 17.9. The number of rotatable bonds is 2. The number of amides is 2. The summed E-state index contributed by atoms with van der Waals surface area (Å²) in [5.41, 5.74) is 3.27. The van der Waals surface area contributed by atoms with Gasteiger partial charge < -0.3 is 4.57 Å². The van der Waals surface area contributed by atoms with Gasteiger partial charge in [0.25, 0.3) is 11.1 Å². The van der Waals surface area contributed by atoms with E-state index in [4.69, 9.17) is 0 Å². The van der Waals surface area contributed by atoms with Crippen LogP contribution in [0.3, 0.4) is 0 Å². The van der Waals surface area contributed by atoms with Gasteiger partial charge in [0.2, 0.25) is 0 Å². The molecule has 0 atom stereocenters. The molecule has 1 aromatic heterocycles. The quantitative estimate of drug-likeness (QED) is 0.820. The maximum atomic E-state index is 11.4. The fourth-order valence-corrected chi connectivity index (χ4v) is 2.70. The molecule has 2 heterocycles. The Hall–Kier alpha value is -1.49. The number of aryl methyl sites for hydroxylation is 1. The predicted molar refractivity (Wildman–Crippen MR) is 68.7 cm³/mol. The van der Waals surface area contributed by atoms with Gasteiger partial charge in [0.05, 0.1) is 4.91 Å². The number of hydrogen-bond donors (Lipinski definition) is 1. The lowest BCUT2D eigenvalue weighted by molar-refractivity contribution is -0.115. The number of carbonyl (C=O) groups is 2. The standard InChI is InChI=1S/C12H14N2O2S/c1-4-14-7(2)5-9(8(14)3)6-10-11(15)13-12(16)17-10/h5-6H,4H2,1-3H3,(H,13,15,16). The van der Waals surface area contributed by atoms with Gasteiger partial charge in [-0.2, -0.15) is 0 Å². The van der Waals surface area contributed by atoms with E-state index in [0.29, 0.717) is 4.91 Å². The largest absolute Gasteiger partial charge is 0.349 e. The zero-order chi connectivity index (χ0) is 12.6. The lowest BCUT2D eigenvalue weighted by atomic mass is 10.2. The second-order valence-corrected chi connectivity index (χ2v) is 4.94. The van der Waals surface area contributed by atoms with Gasteiger partial charge in [-0.15, -0.1) is 0 Å². The molecule has 2 rings (SSSR count). The third kappa shape index (κ3) is 2.15. The molecular weight excluding hydrogens is 236 g/mol. The Kier molecular flexibility index (Phi) is 3.11. The van der Waals surface area contributed by atoms with Crippen molar-refractivity contribution in [2.75, 3.05) is 0 Å². The highest BCUT2D eigenvalue weighted by Crippen LogP contribution is 2.27. The molecule has 1 fully saturated rings. The summed E-state index contributed by atoms with van der Waals surface area (Å²) in [5, 5.41) is 1.95. The second-order valence-electron chi connectivity index (χ2n) is 3.92. The van der Waals surface area contributed by atoms with E-state index in [1.807, 2.05) is 19.9 Å². The van der Waals surface area contributed by atoms with Crippen LogP contribution in [0, 0.1) is 13.8 Å². The van der Waals surface area contributed by atoms with Crippen molar-refractivity contribution in [2.24, 2.45) is 0 Å². The molecule has 1 aliphatic heterocycles. The molecule has 0 bridgehead atoms. The average molecular weight is 250 g/mol. The Balaban J connectivity index is 2.39. The maximum absolute atomic E-state index is 11.4. The van der Waals surface area contributed by atoms with E-state index in [-0.39, 0.29) is 11.1 Å². The number of thioether (sulfide) groups is 1. The minimum absolute atomic E-state index is 0.300. The maximum Gasteiger partial charge on any atom is 0.290 e. The van der Waals surface area contributed by atoms with Gasteiger partial charge in [0.1, 0.15) is 0 Å². The number of carbonyl (C=O) groups excluding carboxylic acids is 2. The molecule has 0 saturated carbocycles. The van der Waals surface area contributed by atoms with E-state index >= 15 is 0 Å². The Morgan fingerprint density at radius 2 is 2.12 bits per heavy atom. The molecule has 1 aromatic rings. The number of aromatic nitrogens is 1. The van der Waals surface area contributed by atoms with Crippen LogP contribution in [-0.2, 0) is 11.3 Å². The molecular formula is C12H14N2O2S. The van der Waals surface area contributed by atoms with Crippen molar-refractivity contribution in [1.29, 1.82) is 0 Å². The van der Waals surface area contributed by atoms with Crippen molar-refractivity contribution < 1.29 is 9.59 Å². The number of imide groups is 1. The zero-order valence-corrected chi connectivity index (χ0v) is 10.9. The van der Waals surface area contributed by atoms with E-state index in [1.165, 1.54) is 0 Å². The first-order valence-electron chi connectivity index (χ1n) is 5.44.